The van der Waals surface area contributed by atoms with Crippen molar-refractivity contribution in [3.05, 3.63) is 24.3 Å². The Morgan fingerprint density at radius 3 is 2.38 bits per heavy atom. The number of H-pyrrole nitrogens is 1. The number of nitrogens with two attached hydrogens (primary N) is 4. The molecule has 9 atom stereocenters. The van der Waals surface area contributed by atoms with Gasteiger partial charge in [-0.3, -0.25) is 14.6 Å². The Labute approximate surface area is 232 Å². The number of carbonyl (C=O) groups excluding carboxylic acids is 1. The number of hydrogen-bond donors (Lipinski definition) is 6. The molecule has 4 saturated carbocycles. The van der Waals surface area contributed by atoms with Crippen molar-refractivity contribution in [2.75, 3.05) is 0 Å². The zero-order valence-corrected chi connectivity index (χ0v) is 24.5. The third-order valence-electron chi connectivity index (χ3n) is 12.0. The molecule has 1 heterocycles. The van der Waals surface area contributed by atoms with Crippen LogP contribution in [0.5, 0.6) is 0 Å². The molecule has 1 unspecified atom stereocenters. The van der Waals surface area contributed by atoms with Crippen molar-refractivity contribution < 1.29 is 9.90 Å². The molecule has 2 aromatic rings. The lowest BCUT2D eigenvalue weighted by Gasteiger charge is -2.75. The maximum absolute atomic E-state index is 14.1. The number of fused-ring (bicyclic) bond motifs is 6. The van der Waals surface area contributed by atoms with Gasteiger partial charge in [0.05, 0.1) is 31.1 Å². The summed E-state index contributed by atoms with van der Waals surface area (Å²) in [6.45, 7) is 6.06. The first-order valence-corrected chi connectivity index (χ1v) is 14.9. The molecule has 0 radical (unpaired) electrons. The number of halogens is 1. The van der Waals surface area contributed by atoms with Gasteiger partial charge in [0.2, 0.25) is 0 Å². The summed E-state index contributed by atoms with van der Waals surface area (Å²) in [5, 5.41) is 14.2. The average Bonchev–Trinajstić information content (AvgIpc) is 3.10. The Morgan fingerprint density at radius 1 is 1.00 bits per heavy atom. The van der Waals surface area contributed by atoms with Crippen LogP contribution < -0.4 is 22.9 Å². The van der Waals surface area contributed by atoms with Crippen molar-refractivity contribution in [1.82, 2.24) is 9.78 Å². The molecule has 0 amide bonds. The van der Waals surface area contributed by atoms with Gasteiger partial charge < -0.3 is 28.0 Å². The quantitative estimate of drug-likeness (QED) is 0.228. The summed E-state index contributed by atoms with van der Waals surface area (Å²) in [5.74, 6) is 0.0513. The van der Waals surface area contributed by atoms with E-state index in [4.69, 9.17) is 22.9 Å². The van der Waals surface area contributed by atoms with E-state index in [9.17, 15) is 9.90 Å². The normalized spacial score (nSPS) is 50.4. The third-order valence-corrected chi connectivity index (χ3v) is 14.4. The molecule has 8 nitrogen and oxygen atoms in total. The zero-order chi connectivity index (χ0) is 26.9. The lowest BCUT2D eigenvalue weighted by molar-refractivity contribution is -0.140. The number of hydrogen-bond acceptors (Lipinski definition) is 6. The molecule has 0 spiro atoms. The summed E-state index contributed by atoms with van der Waals surface area (Å²) in [5.41, 5.74) is 27.4. The SMILES string of the molecule is C[C@@H](C(=O)[C@H]1CC[C@@]2(N)[C@]3(N)CC[C@]4(N)C[C@](C)(O)CCC4(N)[C@@]3(I)CC[C@]12C)n1[nH]c2ccccc21. The first-order valence-electron chi connectivity index (χ1n) is 13.8. The van der Waals surface area contributed by atoms with Crippen molar-refractivity contribution in [2.45, 2.75) is 116 Å². The Hall–Kier alpha value is -0.980. The fourth-order valence-electron chi connectivity index (χ4n) is 9.53. The highest BCUT2D eigenvalue weighted by molar-refractivity contribution is 14.1. The van der Waals surface area contributed by atoms with Gasteiger partial charge in [-0.05, 0) is 89.2 Å². The van der Waals surface area contributed by atoms with Gasteiger partial charge in [-0.15, -0.1) is 0 Å². The van der Waals surface area contributed by atoms with Crippen LogP contribution in [0.1, 0.15) is 84.6 Å². The highest BCUT2D eigenvalue weighted by Crippen LogP contribution is 2.71. The molecule has 0 saturated heterocycles. The smallest absolute Gasteiger partial charge is 0.160 e. The number of nitrogens with zero attached hydrogens (tertiary/aromatic N) is 1. The first kappa shape index (κ1) is 26.3. The molecule has 204 valence electrons. The Morgan fingerprint density at radius 2 is 1.68 bits per heavy atom. The molecule has 10 N–H and O–H groups in total. The van der Waals surface area contributed by atoms with E-state index < -0.39 is 36.6 Å². The molecule has 6 rings (SSSR count). The fraction of sp³-hybridized carbons (Fsp3) is 0.750. The molecule has 37 heavy (non-hydrogen) atoms. The number of aromatic nitrogens is 2. The van der Waals surface area contributed by atoms with Gasteiger partial charge >= 0.3 is 0 Å². The second-order valence-corrected chi connectivity index (χ2v) is 15.5. The van der Waals surface area contributed by atoms with Gasteiger partial charge in [0, 0.05) is 17.0 Å². The molecule has 0 aliphatic heterocycles. The predicted molar refractivity (Wildman–Crippen MR) is 154 cm³/mol. The second-order valence-electron chi connectivity index (χ2n) is 13.6. The number of ketones is 1. The van der Waals surface area contributed by atoms with Crippen molar-refractivity contribution in [3.8, 4) is 0 Å². The summed E-state index contributed by atoms with van der Waals surface area (Å²) in [7, 11) is 0. The van der Waals surface area contributed by atoms with E-state index >= 15 is 0 Å². The maximum Gasteiger partial charge on any atom is 0.160 e. The number of Topliss-reactive ketones (excluding diaryl/α,β-unsaturated/α-hetero) is 1. The van der Waals surface area contributed by atoms with Crippen LogP contribution in [-0.4, -0.2) is 51.8 Å². The minimum Gasteiger partial charge on any atom is -0.390 e. The van der Waals surface area contributed by atoms with Crippen LogP contribution in [0.4, 0.5) is 0 Å². The second kappa shape index (κ2) is 7.60. The predicted octanol–water partition coefficient (Wildman–Crippen LogP) is 3.00. The van der Waals surface area contributed by atoms with Crippen molar-refractivity contribution >= 4 is 39.4 Å². The molecule has 1 aromatic heterocycles. The van der Waals surface area contributed by atoms with Crippen molar-refractivity contribution in [1.29, 1.82) is 0 Å². The Balaban J connectivity index is 1.36. The van der Waals surface area contributed by atoms with Gasteiger partial charge in [0.1, 0.15) is 6.04 Å². The summed E-state index contributed by atoms with van der Waals surface area (Å²) in [6, 6.07) is 7.76. The van der Waals surface area contributed by atoms with E-state index in [1.54, 1.807) is 0 Å². The third kappa shape index (κ3) is 2.94. The van der Waals surface area contributed by atoms with Crippen LogP contribution in [0.2, 0.25) is 0 Å². The monoisotopic (exact) mass is 622 g/mol. The molecule has 0 bridgehead atoms. The van der Waals surface area contributed by atoms with Gasteiger partial charge in [-0.1, -0.05) is 41.6 Å². The van der Waals surface area contributed by atoms with Crippen LogP contribution in [0.25, 0.3) is 11.0 Å². The van der Waals surface area contributed by atoms with Crippen LogP contribution in [0, 0.1) is 11.3 Å². The molecule has 9 heteroatoms. The van der Waals surface area contributed by atoms with Gasteiger partial charge in [0.25, 0.3) is 0 Å². The lowest BCUT2D eigenvalue weighted by atomic mass is 9.39. The number of aromatic amines is 1. The number of carbonyl (C=O) groups is 1. The fourth-order valence-corrected chi connectivity index (χ4v) is 11.4. The average molecular weight is 623 g/mol. The minimum absolute atomic E-state index is 0.172. The van der Waals surface area contributed by atoms with Gasteiger partial charge in [-0.2, -0.15) is 0 Å². The molecule has 4 aliphatic carbocycles. The number of alkyl halides is 1. The van der Waals surface area contributed by atoms with Crippen LogP contribution >= 0.6 is 22.6 Å². The van der Waals surface area contributed by atoms with Gasteiger partial charge in [-0.25, -0.2) is 0 Å². The van der Waals surface area contributed by atoms with E-state index in [1.807, 2.05) is 42.8 Å². The largest absolute Gasteiger partial charge is 0.390 e. The number of rotatable bonds is 3. The maximum atomic E-state index is 14.1. The van der Waals surface area contributed by atoms with E-state index in [0.29, 0.717) is 38.5 Å². The highest BCUT2D eigenvalue weighted by Gasteiger charge is 2.80. The molecule has 4 fully saturated rings. The summed E-state index contributed by atoms with van der Waals surface area (Å²) >= 11 is 2.52. The standard InChI is InChI=1S/C28H43IN6O2/c1-17(35-20-7-5-4-6-19(20)34-35)21(36)18-8-9-26(31)23(18,3)11-13-25(29)27(32)14-10-22(2,37)16-24(27,30)12-15-28(25,26)33/h4-7,17-18,34,37H,8-16,30-33H2,1-3H3/t17-,18+,22+,23+,24-,25-,26-,27?,28-/m0/s1. The molecular formula is C28H43IN6O2. The van der Waals surface area contributed by atoms with Crippen LogP contribution in [0.15, 0.2) is 24.3 Å². The summed E-state index contributed by atoms with van der Waals surface area (Å²) < 4.78 is 1.45. The molecular weight excluding hydrogens is 579 g/mol. The van der Waals surface area contributed by atoms with Crippen LogP contribution in [-0.2, 0) is 4.79 Å². The lowest BCUT2D eigenvalue weighted by Crippen LogP contribution is -2.93. The van der Waals surface area contributed by atoms with Gasteiger partial charge in [0.15, 0.2) is 5.78 Å². The van der Waals surface area contributed by atoms with E-state index in [0.717, 1.165) is 30.3 Å². The number of benzene rings is 1. The molecule has 4 aliphatic rings. The number of para-hydroxylation sites is 2. The zero-order valence-electron chi connectivity index (χ0n) is 22.3. The number of aliphatic hydroxyl groups is 1. The summed E-state index contributed by atoms with van der Waals surface area (Å²) in [6.07, 6.45) is 5.93. The Bertz CT molecular complexity index is 1270. The highest BCUT2D eigenvalue weighted by atomic mass is 127. The Kier molecular flexibility index (Phi) is 5.39. The van der Waals surface area contributed by atoms with E-state index in [2.05, 4.69) is 34.6 Å². The van der Waals surface area contributed by atoms with Crippen molar-refractivity contribution in [2.24, 2.45) is 34.3 Å². The first-order chi connectivity index (χ1) is 17.1. The van der Waals surface area contributed by atoms with E-state index in [1.165, 1.54) is 0 Å². The van der Waals surface area contributed by atoms with Crippen molar-refractivity contribution in [3.63, 3.8) is 0 Å². The van der Waals surface area contributed by atoms with Crippen LogP contribution in [0.3, 0.4) is 0 Å². The topological polar surface area (TPSA) is 162 Å². The van der Waals surface area contributed by atoms with E-state index in [-0.39, 0.29) is 17.7 Å². The summed E-state index contributed by atoms with van der Waals surface area (Å²) in [4.78, 5) is 14.1. The molecule has 1 aromatic carbocycles. The number of nitrogens with one attached hydrogen (secondary N) is 1. The minimum atomic E-state index is -0.826.